The van der Waals surface area contributed by atoms with E-state index in [0.717, 1.165) is 109 Å². The van der Waals surface area contributed by atoms with Crippen molar-refractivity contribution >= 4 is 23.3 Å². The molecule has 0 radical (unpaired) electrons. The number of hydrogen-bond acceptors (Lipinski definition) is 9. The van der Waals surface area contributed by atoms with Crippen LogP contribution < -0.4 is 0 Å². The van der Waals surface area contributed by atoms with Crippen LogP contribution in [-0.2, 0) is 23.9 Å². The highest BCUT2D eigenvalue weighted by Crippen LogP contribution is 2.40. The van der Waals surface area contributed by atoms with Crippen LogP contribution in [0.3, 0.4) is 0 Å². The molecule has 50 heavy (non-hydrogen) atoms. The fourth-order valence-electron chi connectivity index (χ4n) is 6.69. The maximum Gasteiger partial charge on any atom is 0.305 e. The third kappa shape index (κ3) is 16.8. The second-order valence-electron chi connectivity index (χ2n) is 14.6. The van der Waals surface area contributed by atoms with Gasteiger partial charge in [0.25, 0.3) is 0 Å². The van der Waals surface area contributed by atoms with Gasteiger partial charge in [-0.25, -0.2) is 0 Å². The average molecular weight is 713 g/mol. The fraction of sp³-hybridized carbons (Fsp3) is 0.902. The summed E-state index contributed by atoms with van der Waals surface area (Å²) in [5.74, 6) is -3.87. The first-order valence-electron chi connectivity index (χ1n) is 20.5. The van der Waals surface area contributed by atoms with Crippen molar-refractivity contribution in [1.82, 2.24) is 0 Å². The number of carbonyl (C=O) groups is 4. The zero-order valence-electron chi connectivity index (χ0n) is 32.5. The molecule has 0 bridgehead atoms. The molecule has 9 nitrogen and oxygen atoms in total. The topological polar surface area (TPSA) is 158 Å². The Balaban J connectivity index is 6.47. The van der Waals surface area contributed by atoms with Gasteiger partial charge < -0.3 is 25.2 Å². The Morgan fingerprint density at radius 1 is 0.420 bits per heavy atom. The summed E-state index contributed by atoms with van der Waals surface area (Å²) in [7, 11) is 0. The highest BCUT2D eigenvalue weighted by molar-refractivity contribution is 6.06. The molecule has 0 saturated heterocycles. The summed E-state index contributed by atoms with van der Waals surface area (Å²) in [5.41, 5.74) is -9.77. The van der Waals surface area contributed by atoms with Crippen molar-refractivity contribution < 1.29 is 44.3 Å². The lowest BCUT2D eigenvalue weighted by atomic mass is 9.63. The second-order valence-corrected chi connectivity index (χ2v) is 14.6. The van der Waals surface area contributed by atoms with Crippen LogP contribution >= 0.6 is 0 Å². The maximum atomic E-state index is 14.1. The molecular weight excluding hydrogens is 636 g/mol. The van der Waals surface area contributed by atoms with Crippen LogP contribution in [0.1, 0.15) is 207 Å². The summed E-state index contributed by atoms with van der Waals surface area (Å²) >= 11 is 0. The van der Waals surface area contributed by atoms with Gasteiger partial charge >= 0.3 is 5.97 Å². The molecule has 4 N–H and O–H groups in total. The number of hydrogen-bond donors (Lipinski definition) is 4. The van der Waals surface area contributed by atoms with Gasteiger partial charge in [0.05, 0.1) is 6.61 Å². The summed E-state index contributed by atoms with van der Waals surface area (Å²) < 4.78 is 5.41. The van der Waals surface area contributed by atoms with Crippen LogP contribution in [0.2, 0.25) is 0 Å². The van der Waals surface area contributed by atoms with E-state index >= 15 is 0 Å². The van der Waals surface area contributed by atoms with Gasteiger partial charge in [0.1, 0.15) is 6.61 Å². The molecule has 0 aliphatic heterocycles. The van der Waals surface area contributed by atoms with Crippen molar-refractivity contribution in [3.05, 3.63) is 0 Å². The van der Waals surface area contributed by atoms with E-state index in [1.165, 1.54) is 0 Å². The third-order valence-corrected chi connectivity index (χ3v) is 10.2. The summed E-state index contributed by atoms with van der Waals surface area (Å²) in [5, 5.41) is 47.2. The molecule has 0 fully saturated rings. The Bertz CT molecular complexity index is 922. The number of ketones is 3. The molecule has 0 aliphatic rings. The smallest absolute Gasteiger partial charge is 0.305 e. The molecule has 0 rings (SSSR count). The van der Waals surface area contributed by atoms with Gasteiger partial charge in [0, 0.05) is 25.7 Å². The number of unbranched alkanes of at least 4 members (excludes halogenated alkanes) is 20. The molecule has 0 aromatic rings. The molecule has 0 spiro atoms. The van der Waals surface area contributed by atoms with E-state index in [-0.39, 0.29) is 32.1 Å². The van der Waals surface area contributed by atoms with Gasteiger partial charge in [-0.05, 0) is 25.7 Å². The lowest BCUT2D eigenvalue weighted by Crippen LogP contribution is -2.79. The Kier molecular flexibility index (Phi) is 27.9. The fourth-order valence-corrected chi connectivity index (χ4v) is 6.69. The van der Waals surface area contributed by atoms with E-state index in [0.29, 0.717) is 38.5 Å². The number of esters is 1. The number of carbonyl (C=O) groups excluding carboxylic acids is 4. The number of aliphatic hydroxyl groups excluding tert-OH is 1. The minimum absolute atomic E-state index is 0.0131. The van der Waals surface area contributed by atoms with Crippen molar-refractivity contribution in [2.45, 2.75) is 224 Å². The zero-order valence-corrected chi connectivity index (χ0v) is 32.5. The van der Waals surface area contributed by atoms with Gasteiger partial charge in [-0.3, -0.25) is 19.2 Å². The summed E-state index contributed by atoms with van der Waals surface area (Å²) in [6.07, 6.45) is 19.3. The van der Waals surface area contributed by atoms with E-state index in [2.05, 4.69) is 27.7 Å². The Hall–Kier alpha value is -1.68. The molecule has 294 valence electrons. The van der Waals surface area contributed by atoms with E-state index in [1.54, 1.807) is 0 Å². The van der Waals surface area contributed by atoms with E-state index in [1.807, 2.05) is 0 Å². The first-order valence-corrected chi connectivity index (χ1v) is 20.5. The second kappa shape index (κ2) is 28.9. The average Bonchev–Trinajstić information content (AvgIpc) is 3.11. The van der Waals surface area contributed by atoms with Gasteiger partial charge in [-0.2, -0.15) is 0 Å². The Labute approximate surface area is 304 Å². The first-order chi connectivity index (χ1) is 24.0. The highest BCUT2D eigenvalue weighted by Gasteiger charge is 2.71. The Morgan fingerprint density at radius 3 is 1.08 bits per heavy atom. The van der Waals surface area contributed by atoms with Gasteiger partial charge in [0.2, 0.25) is 5.60 Å². The predicted octanol–water partition coefficient (Wildman–Crippen LogP) is 8.42. The van der Waals surface area contributed by atoms with Crippen molar-refractivity contribution in [1.29, 1.82) is 0 Å². The van der Waals surface area contributed by atoms with Crippen LogP contribution in [0, 0.1) is 0 Å². The van der Waals surface area contributed by atoms with E-state index in [9.17, 15) is 39.6 Å². The molecule has 9 heteroatoms. The molecule has 0 unspecified atom stereocenters. The van der Waals surface area contributed by atoms with Gasteiger partial charge in [-0.1, -0.05) is 156 Å². The first kappa shape index (κ1) is 48.3. The molecule has 0 saturated carbocycles. The highest BCUT2D eigenvalue weighted by atomic mass is 16.5. The van der Waals surface area contributed by atoms with Gasteiger partial charge in [0.15, 0.2) is 28.6 Å². The number of ether oxygens (including phenoxy) is 1. The number of Topliss-reactive ketones (excluding diaryl/α,β-unsaturated/α-hetero) is 3. The molecule has 0 amide bonds. The van der Waals surface area contributed by atoms with Gasteiger partial charge in [-0.15, -0.1) is 0 Å². The van der Waals surface area contributed by atoms with Crippen LogP contribution in [0.5, 0.6) is 0 Å². The number of rotatable bonds is 36. The molecule has 0 heterocycles. The minimum Gasteiger partial charge on any atom is -0.462 e. The number of aliphatic hydroxyl groups is 4. The van der Waals surface area contributed by atoms with Crippen molar-refractivity contribution in [3.63, 3.8) is 0 Å². The normalized spacial score (nSPS) is 15.2. The summed E-state index contributed by atoms with van der Waals surface area (Å²) in [6.45, 7) is 5.89. The Morgan fingerprint density at radius 2 is 0.720 bits per heavy atom. The monoisotopic (exact) mass is 713 g/mol. The van der Waals surface area contributed by atoms with E-state index in [4.69, 9.17) is 4.74 Å². The molecule has 3 atom stereocenters. The minimum atomic E-state index is -3.43. The van der Waals surface area contributed by atoms with E-state index < -0.39 is 53.3 Å². The largest absolute Gasteiger partial charge is 0.462 e. The SMILES string of the molecule is CCCCCCCCC(=O)OC[C@](O)(C(=O)CCCCCCCC)[C@@](O)(C(=O)CCCCCCCC)[C@@](O)(CO)C(=O)CCCCCCCC. The quantitative estimate of drug-likeness (QED) is 0.0370. The van der Waals surface area contributed by atoms with Crippen LogP contribution in [0.15, 0.2) is 0 Å². The lowest BCUT2D eigenvalue weighted by molar-refractivity contribution is -0.245. The third-order valence-electron chi connectivity index (χ3n) is 10.2. The summed E-state index contributed by atoms with van der Waals surface area (Å²) in [4.78, 5) is 54.8. The van der Waals surface area contributed by atoms with Crippen LogP contribution in [0.4, 0.5) is 0 Å². The molecule has 0 aromatic carbocycles. The maximum absolute atomic E-state index is 14.1. The molecule has 0 aromatic heterocycles. The van der Waals surface area contributed by atoms with Crippen LogP contribution in [0.25, 0.3) is 0 Å². The van der Waals surface area contributed by atoms with Crippen molar-refractivity contribution in [2.24, 2.45) is 0 Å². The van der Waals surface area contributed by atoms with Crippen molar-refractivity contribution in [2.75, 3.05) is 13.2 Å². The standard InChI is InChI=1S/C41H76O9/c1-5-9-13-17-21-25-29-35(43)39(47,33-42)41(49,37(45)31-27-23-19-15-11-7-3)40(48,36(44)30-26-22-18-14-10-6-2)34-50-38(46)32-28-24-20-16-12-8-4/h42,47-49H,5-34H2,1-4H3/t39-,40+,41-/m1/s1. The van der Waals surface area contributed by atoms with Crippen molar-refractivity contribution in [3.8, 4) is 0 Å². The predicted molar refractivity (Wildman–Crippen MR) is 200 cm³/mol. The summed E-state index contributed by atoms with van der Waals surface area (Å²) in [6, 6.07) is 0. The lowest BCUT2D eigenvalue weighted by Gasteiger charge is -2.48. The van der Waals surface area contributed by atoms with Crippen LogP contribution in [-0.4, -0.2) is 73.8 Å². The molecular formula is C41H76O9. The zero-order chi connectivity index (χ0) is 37.7. The molecule has 0 aliphatic carbocycles.